The number of amides is 1. The van der Waals surface area contributed by atoms with Crippen molar-refractivity contribution in [3.05, 3.63) is 95.9 Å². The van der Waals surface area contributed by atoms with E-state index in [0.29, 0.717) is 6.54 Å². The van der Waals surface area contributed by atoms with Crippen LogP contribution in [-0.4, -0.2) is 12.5 Å². The molecule has 24 heavy (non-hydrogen) atoms. The van der Waals surface area contributed by atoms with E-state index in [2.05, 4.69) is 10.6 Å². The third-order valence-corrected chi connectivity index (χ3v) is 3.74. The van der Waals surface area contributed by atoms with Gasteiger partial charge in [0, 0.05) is 0 Å². The molecule has 0 aliphatic carbocycles. The van der Waals surface area contributed by atoms with Gasteiger partial charge in [-0.3, -0.25) is 4.79 Å². The zero-order valence-corrected chi connectivity index (χ0v) is 13.3. The molecule has 0 saturated heterocycles. The van der Waals surface area contributed by atoms with E-state index in [0.717, 1.165) is 16.9 Å². The first kappa shape index (κ1) is 16.0. The Morgan fingerprint density at radius 2 is 1.50 bits per heavy atom. The summed E-state index contributed by atoms with van der Waals surface area (Å²) in [6.45, 7) is 0.763. The summed E-state index contributed by atoms with van der Waals surface area (Å²) in [7, 11) is 0. The number of rotatable bonds is 7. The molecule has 0 aliphatic heterocycles. The molecule has 4 heteroatoms. The lowest BCUT2D eigenvalue weighted by Gasteiger charge is -2.20. The van der Waals surface area contributed by atoms with Crippen LogP contribution in [0.4, 0.5) is 0 Å². The van der Waals surface area contributed by atoms with Crippen molar-refractivity contribution < 1.29 is 9.21 Å². The van der Waals surface area contributed by atoms with Crippen LogP contribution in [0.25, 0.3) is 0 Å². The molecular formula is C20H20N2O2. The molecule has 3 rings (SSSR count). The van der Waals surface area contributed by atoms with E-state index in [1.165, 1.54) is 0 Å². The predicted molar refractivity (Wildman–Crippen MR) is 93.3 cm³/mol. The maximum absolute atomic E-state index is 12.3. The molecule has 4 nitrogen and oxygen atoms in total. The molecule has 2 N–H and O–H groups in total. The zero-order chi connectivity index (χ0) is 16.6. The van der Waals surface area contributed by atoms with E-state index in [4.69, 9.17) is 4.42 Å². The van der Waals surface area contributed by atoms with E-state index in [1.54, 1.807) is 6.26 Å². The van der Waals surface area contributed by atoms with Gasteiger partial charge in [-0.25, -0.2) is 0 Å². The summed E-state index contributed by atoms with van der Waals surface area (Å²) < 4.78 is 5.24. The Labute approximate surface area is 141 Å². The van der Waals surface area contributed by atoms with Crippen molar-refractivity contribution in [2.75, 3.05) is 6.54 Å². The predicted octanol–water partition coefficient (Wildman–Crippen LogP) is 3.28. The number of nitrogens with one attached hydrogen (secondary N) is 2. The molecule has 0 spiro atoms. The molecule has 122 valence electrons. The highest BCUT2D eigenvalue weighted by atomic mass is 16.3. The van der Waals surface area contributed by atoms with Gasteiger partial charge in [0.1, 0.15) is 5.76 Å². The van der Waals surface area contributed by atoms with E-state index in [1.807, 2.05) is 72.8 Å². The minimum atomic E-state index is -0.162. The summed E-state index contributed by atoms with van der Waals surface area (Å²) >= 11 is 0. The maximum atomic E-state index is 12.3. The Balaban J connectivity index is 1.64. The number of hydrogen-bond donors (Lipinski definition) is 2. The first-order chi connectivity index (χ1) is 11.8. The lowest BCUT2D eigenvalue weighted by molar-refractivity contribution is -0.120. The van der Waals surface area contributed by atoms with Crippen LogP contribution in [0.3, 0.4) is 0 Å². The highest BCUT2D eigenvalue weighted by molar-refractivity contribution is 5.79. The standard InChI is InChI=1S/C20H20N2O2/c23-19(15-21-14-18-12-7-13-24-18)22-20(16-8-3-1-4-9-16)17-10-5-2-6-11-17/h1-13,20-21H,14-15H2,(H,22,23). The van der Waals surface area contributed by atoms with Gasteiger partial charge < -0.3 is 15.1 Å². The fourth-order valence-corrected chi connectivity index (χ4v) is 2.57. The summed E-state index contributed by atoms with van der Waals surface area (Å²) in [5.74, 6) is 0.754. The Kier molecular flexibility index (Phi) is 5.43. The van der Waals surface area contributed by atoms with Gasteiger partial charge in [0.15, 0.2) is 0 Å². The normalized spacial score (nSPS) is 10.7. The zero-order valence-electron chi connectivity index (χ0n) is 13.3. The highest BCUT2D eigenvalue weighted by Crippen LogP contribution is 2.21. The van der Waals surface area contributed by atoms with Gasteiger partial charge in [-0.15, -0.1) is 0 Å². The van der Waals surface area contributed by atoms with Gasteiger partial charge in [0.05, 0.1) is 25.4 Å². The van der Waals surface area contributed by atoms with Crippen LogP contribution >= 0.6 is 0 Å². The first-order valence-corrected chi connectivity index (χ1v) is 7.95. The summed E-state index contributed by atoms with van der Waals surface area (Å²) in [6.07, 6.45) is 1.62. The SMILES string of the molecule is O=C(CNCc1ccco1)NC(c1ccccc1)c1ccccc1. The second kappa shape index (κ2) is 8.13. The molecule has 0 radical (unpaired) electrons. The second-order valence-electron chi connectivity index (χ2n) is 5.50. The molecule has 0 bridgehead atoms. The van der Waals surface area contributed by atoms with Crippen molar-refractivity contribution in [2.24, 2.45) is 0 Å². The number of carbonyl (C=O) groups excluding carboxylic acids is 1. The minimum absolute atomic E-state index is 0.0562. The van der Waals surface area contributed by atoms with Gasteiger partial charge in [-0.2, -0.15) is 0 Å². The smallest absolute Gasteiger partial charge is 0.234 e. The molecule has 0 saturated carbocycles. The molecule has 3 aromatic rings. The van der Waals surface area contributed by atoms with Gasteiger partial charge in [-0.05, 0) is 23.3 Å². The van der Waals surface area contributed by atoms with Crippen LogP contribution in [-0.2, 0) is 11.3 Å². The van der Waals surface area contributed by atoms with Gasteiger partial charge >= 0.3 is 0 Å². The van der Waals surface area contributed by atoms with Gasteiger partial charge in [0.25, 0.3) is 0 Å². The molecule has 2 aromatic carbocycles. The van der Waals surface area contributed by atoms with Crippen molar-refractivity contribution in [1.82, 2.24) is 10.6 Å². The minimum Gasteiger partial charge on any atom is -0.468 e. The summed E-state index contributed by atoms with van der Waals surface area (Å²) in [4.78, 5) is 12.3. The first-order valence-electron chi connectivity index (χ1n) is 7.95. The second-order valence-corrected chi connectivity index (χ2v) is 5.50. The lowest BCUT2D eigenvalue weighted by Crippen LogP contribution is -2.36. The van der Waals surface area contributed by atoms with Crippen molar-refractivity contribution >= 4 is 5.91 Å². The van der Waals surface area contributed by atoms with Crippen LogP contribution in [0, 0.1) is 0 Å². The molecule has 1 heterocycles. The van der Waals surface area contributed by atoms with E-state index in [9.17, 15) is 4.79 Å². The summed E-state index contributed by atoms with van der Waals surface area (Å²) in [5.41, 5.74) is 2.12. The highest BCUT2D eigenvalue weighted by Gasteiger charge is 2.16. The number of furan rings is 1. The van der Waals surface area contributed by atoms with E-state index < -0.39 is 0 Å². The fourth-order valence-electron chi connectivity index (χ4n) is 2.57. The molecule has 0 atom stereocenters. The maximum Gasteiger partial charge on any atom is 0.234 e. The Bertz CT molecular complexity index is 700. The van der Waals surface area contributed by atoms with Gasteiger partial charge in [-0.1, -0.05) is 60.7 Å². The van der Waals surface area contributed by atoms with Gasteiger partial charge in [0.2, 0.25) is 5.91 Å². The monoisotopic (exact) mass is 320 g/mol. The Hall–Kier alpha value is -2.85. The van der Waals surface area contributed by atoms with Crippen molar-refractivity contribution in [2.45, 2.75) is 12.6 Å². The molecule has 1 amide bonds. The van der Waals surface area contributed by atoms with Crippen LogP contribution in [0.5, 0.6) is 0 Å². The van der Waals surface area contributed by atoms with Crippen molar-refractivity contribution in [3.8, 4) is 0 Å². The Morgan fingerprint density at radius 3 is 2.04 bits per heavy atom. The topological polar surface area (TPSA) is 54.3 Å². The average molecular weight is 320 g/mol. The third-order valence-electron chi connectivity index (χ3n) is 3.74. The van der Waals surface area contributed by atoms with Crippen LogP contribution in [0.15, 0.2) is 83.5 Å². The summed E-state index contributed by atoms with van der Waals surface area (Å²) in [5, 5.41) is 6.19. The molecule has 1 aromatic heterocycles. The van der Waals surface area contributed by atoms with E-state index >= 15 is 0 Å². The van der Waals surface area contributed by atoms with Crippen LogP contribution < -0.4 is 10.6 Å². The fraction of sp³-hybridized carbons (Fsp3) is 0.150. The average Bonchev–Trinajstić information content (AvgIpc) is 3.15. The quantitative estimate of drug-likeness (QED) is 0.702. The van der Waals surface area contributed by atoms with Crippen LogP contribution in [0.2, 0.25) is 0 Å². The molecule has 0 unspecified atom stereocenters. The number of carbonyl (C=O) groups is 1. The van der Waals surface area contributed by atoms with Crippen molar-refractivity contribution in [1.29, 1.82) is 0 Å². The third kappa shape index (κ3) is 4.33. The van der Waals surface area contributed by atoms with E-state index in [-0.39, 0.29) is 18.5 Å². The number of benzene rings is 2. The Morgan fingerprint density at radius 1 is 0.875 bits per heavy atom. The number of hydrogen-bond acceptors (Lipinski definition) is 3. The lowest BCUT2D eigenvalue weighted by atomic mass is 9.99. The molecule has 0 fully saturated rings. The molecular weight excluding hydrogens is 300 g/mol. The van der Waals surface area contributed by atoms with Crippen LogP contribution in [0.1, 0.15) is 22.9 Å². The van der Waals surface area contributed by atoms with Crippen molar-refractivity contribution in [3.63, 3.8) is 0 Å². The largest absolute Gasteiger partial charge is 0.468 e. The molecule has 0 aliphatic rings. The summed E-state index contributed by atoms with van der Waals surface area (Å²) in [6, 6.07) is 23.5.